The second kappa shape index (κ2) is 7.19. The van der Waals surface area contributed by atoms with Crippen LogP contribution in [0.15, 0.2) is 21.7 Å². The summed E-state index contributed by atoms with van der Waals surface area (Å²) >= 11 is 1.23. The first-order valence-electron chi connectivity index (χ1n) is 8.16. The fourth-order valence-corrected chi connectivity index (χ4v) is 5.75. The maximum atomic E-state index is 12.5. The van der Waals surface area contributed by atoms with Crippen molar-refractivity contribution in [1.82, 2.24) is 14.5 Å². The van der Waals surface area contributed by atoms with Crippen molar-refractivity contribution in [2.75, 3.05) is 26.2 Å². The van der Waals surface area contributed by atoms with Crippen LogP contribution < -0.4 is 5.32 Å². The molecule has 8 heteroatoms. The van der Waals surface area contributed by atoms with Gasteiger partial charge in [-0.15, -0.1) is 11.3 Å². The SMILES string of the molecule is O=C(NC1CCCCC1)N1CCN(S(=O)(=O)c2cccs2)CC1. The van der Waals surface area contributed by atoms with Crippen LogP contribution in [0.4, 0.5) is 4.79 Å². The van der Waals surface area contributed by atoms with Crippen molar-refractivity contribution in [3.05, 3.63) is 17.5 Å². The minimum atomic E-state index is -3.40. The number of rotatable bonds is 3. The van der Waals surface area contributed by atoms with Crippen LogP contribution >= 0.6 is 11.3 Å². The Hall–Kier alpha value is -1.12. The smallest absolute Gasteiger partial charge is 0.317 e. The number of hydrogen-bond donors (Lipinski definition) is 1. The molecule has 1 aromatic heterocycles. The van der Waals surface area contributed by atoms with Crippen molar-refractivity contribution < 1.29 is 13.2 Å². The quantitative estimate of drug-likeness (QED) is 0.901. The molecule has 1 aliphatic carbocycles. The zero-order chi connectivity index (χ0) is 16.3. The molecule has 0 aromatic carbocycles. The number of nitrogens with one attached hydrogen (secondary N) is 1. The Balaban J connectivity index is 1.53. The summed E-state index contributed by atoms with van der Waals surface area (Å²) in [5.74, 6) is 0. The van der Waals surface area contributed by atoms with E-state index in [0.29, 0.717) is 30.4 Å². The van der Waals surface area contributed by atoms with E-state index in [1.807, 2.05) is 0 Å². The molecule has 2 fully saturated rings. The Morgan fingerprint density at radius 3 is 2.43 bits per heavy atom. The summed E-state index contributed by atoms with van der Waals surface area (Å²) in [5, 5.41) is 4.86. The molecular weight excluding hydrogens is 334 g/mol. The maximum absolute atomic E-state index is 12.5. The van der Waals surface area contributed by atoms with Crippen molar-refractivity contribution in [2.24, 2.45) is 0 Å². The van der Waals surface area contributed by atoms with Crippen LogP contribution in [0, 0.1) is 0 Å². The van der Waals surface area contributed by atoms with Crippen molar-refractivity contribution in [1.29, 1.82) is 0 Å². The van der Waals surface area contributed by atoms with Crippen LogP contribution in [0.1, 0.15) is 32.1 Å². The Kier molecular flexibility index (Phi) is 5.23. The lowest BCUT2D eigenvalue weighted by Crippen LogP contribution is -2.54. The average molecular weight is 358 g/mol. The van der Waals surface area contributed by atoms with Crippen molar-refractivity contribution in [3.63, 3.8) is 0 Å². The van der Waals surface area contributed by atoms with E-state index < -0.39 is 10.0 Å². The number of carbonyl (C=O) groups excluding carboxylic acids is 1. The number of amides is 2. The normalized spacial score (nSPS) is 21.3. The summed E-state index contributed by atoms with van der Waals surface area (Å²) < 4.78 is 26.8. The van der Waals surface area contributed by atoms with Gasteiger partial charge in [-0.1, -0.05) is 25.3 Å². The molecule has 0 atom stereocenters. The highest BCUT2D eigenvalue weighted by Crippen LogP contribution is 2.22. The molecular formula is C15H23N3O3S2. The van der Waals surface area contributed by atoms with Gasteiger partial charge >= 0.3 is 6.03 Å². The van der Waals surface area contributed by atoms with Crippen LogP contribution in [-0.2, 0) is 10.0 Å². The molecule has 3 rings (SSSR count). The predicted octanol–water partition coefficient (Wildman–Crippen LogP) is 2.10. The number of piperazine rings is 1. The van der Waals surface area contributed by atoms with Crippen molar-refractivity contribution >= 4 is 27.4 Å². The van der Waals surface area contributed by atoms with Gasteiger partial charge in [-0.05, 0) is 24.3 Å². The van der Waals surface area contributed by atoms with Crippen LogP contribution in [-0.4, -0.2) is 55.9 Å². The van der Waals surface area contributed by atoms with Gasteiger partial charge < -0.3 is 10.2 Å². The molecule has 1 aliphatic heterocycles. The lowest BCUT2D eigenvalue weighted by atomic mass is 9.96. The molecule has 6 nitrogen and oxygen atoms in total. The zero-order valence-electron chi connectivity index (χ0n) is 13.1. The highest BCUT2D eigenvalue weighted by Gasteiger charge is 2.31. The van der Waals surface area contributed by atoms with Crippen molar-refractivity contribution in [2.45, 2.75) is 42.4 Å². The molecule has 2 heterocycles. The second-order valence-corrected chi connectivity index (χ2v) is 9.22. The Morgan fingerprint density at radius 2 is 1.83 bits per heavy atom. The van der Waals surface area contributed by atoms with Gasteiger partial charge in [-0.25, -0.2) is 13.2 Å². The first-order chi connectivity index (χ1) is 11.1. The Morgan fingerprint density at radius 1 is 1.13 bits per heavy atom. The van der Waals surface area contributed by atoms with Gasteiger partial charge in [0.1, 0.15) is 4.21 Å². The number of urea groups is 1. The van der Waals surface area contributed by atoms with Crippen LogP contribution in [0.3, 0.4) is 0 Å². The third-order valence-corrected chi connectivity index (χ3v) is 7.82. The first kappa shape index (κ1) is 16.7. The maximum Gasteiger partial charge on any atom is 0.317 e. The number of hydrogen-bond acceptors (Lipinski definition) is 4. The molecule has 1 aromatic rings. The van der Waals surface area contributed by atoms with E-state index in [9.17, 15) is 13.2 Å². The minimum Gasteiger partial charge on any atom is -0.335 e. The van der Waals surface area contributed by atoms with Crippen LogP contribution in [0.5, 0.6) is 0 Å². The van der Waals surface area contributed by atoms with Gasteiger partial charge in [0.05, 0.1) is 0 Å². The van der Waals surface area contributed by atoms with E-state index in [4.69, 9.17) is 0 Å². The Bertz CT molecular complexity index is 616. The zero-order valence-corrected chi connectivity index (χ0v) is 14.7. The summed E-state index contributed by atoms with van der Waals surface area (Å²) in [5.41, 5.74) is 0. The van der Waals surface area contributed by atoms with E-state index in [1.165, 1.54) is 34.9 Å². The van der Waals surface area contributed by atoms with Gasteiger partial charge in [0.25, 0.3) is 10.0 Å². The summed E-state index contributed by atoms with van der Waals surface area (Å²) in [6, 6.07) is 3.60. The summed E-state index contributed by atoms with van der Waals surface area (Å²) in [4.78, 5) is 14.0. The highest BCUT2D eigenvalue weighted by atomic mass is 32.2. The van der Waals surface area contributed by atoms with Crippen molar-refractivity contribution in [3.8, 4) is 0 Å². The topological polar surface area (TPSA) is 69.7 Å². The van der Waals surface area contributed by atoms with Crippen LogP contribution in [0.2, 0.25) is 0 Å². The van der Waals surface area contributed by atoms with E-state index in [1.54, 1.807) is 22.4 Å². The van der Waals surface area contributed by atoms with Gasteiger partial charge in [0, 0.05) is 32.2 Å². The second-order valence-electron chi connectivity index (χ2n) is 6.11. The summed E-state index contributed by atoms with van der Waals surface area (Å²) in [6.07, 6.45) is 5.72. The molecule has 2 aliphatic rings. The van der Waals surface area contributed by atoms with E-state index in [2.05, 4.69) is 5.32 Å². The number of sulfonamides is 1. The lowest BCUT2D eigenvalue weighted by molar-refractivity contribution is 0.166. The molecule has 23 heavy (non-hydrogen) atoms. The number of nitrogens with zero attached hydrogens (tertiary/aromatic N) is 2. The molecule has 0 radical (unpaired) electrons. The van der Waals surface area contributed by atoms with Gasteiger partial charge in [0.2, 0.25) is 0 Å². The molecule has 0 bridgehead atoms. The monoisotopic (exact) mass is 357 g/mol. The molecule has 0 unspecified atom stereocenters. The average Bonchev–Trinajstić information content (AvgIpc) is 3.11. The first-order valence-corrected chi connectivity index (χ1v) is 10.5. The standard InChI is InChI=1S/C15H23N3O3S2/c19-15(16-13-5-2-1-3-6-13)17-8-10-18(11-9-17)23(20,21)14-7-4-12-22-14/h4,7,12-13H,1-3,5-6,8-11H2,(H,16,19). The molecule has 1 saturated heterocycles. The number of thiophene rings is 1. The van der Waals surface area contributed by atoms with Gasteiger partial charge in [0.15, 0.2) is 0 Å². The molecule has 1 N–H and O–H groups in total. The molecule has 0 spiro atoms. The minimum absolute atomic E-state index is 0.0509. The highest BCUT2D eigenvalue weighted by molar-refractivity contribution is 7.91. The molecule has 2 amide bonds. The fraction of sp³-hybridized carbons (Fsp3) is 0.667. The molecule has 1 saturated carbocycles. The van der Waals surface area contributed by atoms with E-state index in [-0.39, 0.29) is 12.1 Å². The van der Waals surface area contributed by atoms with Gasteiger partial charge in [-0.2, -0.15) is 4.31 Å². The fourth-order valence-electron chi connectivity index (χ4n) is 3.18. The summed E-state index contributed by atoms with van der Waals surface area (Å²) in [6.45, 7) is 1.61. The lowest BCUT2D eigenvalue weighted by Gasteiger charge is -2.35. The van der Waals surface area contributed by atoms with Gasteiger partial charge in [-0.3, -0.25) is 0 Å². The largest absolute Gasteiger partial charge is 0.335 e. The van der Waals surface area contributed by atoms with E-state index >= 15 is 0 Å². The molecule has 128 valence electrons. The van der Waals surface area contributed by atoms with E-state index in [0.717, 1.165) is 12.8 Å². The third-order valence-electron chi connectivity index (χ3n) is 4.55. The number of carbonyl (C=O) groups is 1. The Labute approximate surface area is 141 Å². The van der Waals surface area contributed by atoms with Crippen LogP contribution in [0.25, 0.3) is 0 Å². The summed E-state index contributed by atoms with van der Waals surface area (Å²) in [7, 11) is -3.40. The predicted molar refractivity (Wildman–Crippen MR) is 90.1 cm³/mol. The third kappa shape index (κ3) is 3.87.